The third kappa shape index (κ3) is 7.38. The first-order chi connectivity index (χ1) is 13.8. The third-order valence-electron chi connectivity index (χ3n) is 4.86. The van der Waals surface area contributed by atoms with Crippen LogP contribution in [0.3, 0.4) is 0 Å². The molecule has 0 saturated carbocycles. The highest BCUT2D eigenvalue weighted by Gasteiger charge is 2.30. The highest BCUT2D eigenvalue weighted by molar-refractivity contribution is 14.0. The monoisotopic (exact) mass is 553 g/mol. The molecule has 1 aromatic heterocycles. The minimum Gasteiger partial charge on any atom is -0.356 e. The Bertz CT molecular complexity index is 823. The number of rotatable bonds is 6. The van der Waals surface area contributed by atoms with Gasteiger partial charge in [-0.15, -0.1) is 35.3 Å². The summed E-state index contributed by atoms with van der Waals surface area (Å²) in [5.41, 5.74) is 1.36. The van der Waals surface area contributed by atoms with E-state index in [4.69, 9.17) is 0 Å². The van der Waals surface area contributed by atoms with Crippen molar-refractivity contribution in [3.63, 3.8) is 0 Å². The van der Waals surface area contributed by atoms with Gasteiger partial charge in [-0.25, -0.2) is 4.98 Å². The van der Waals surface area contributed by atoms with Crippen molar-refractivity contribution in [3.8, 4) is 0 Å². The van der Waals surface area contributed by atoms with Gasteiger partial charge in [0.2, 0.25) is 0 Å². The fourth-order valence-corrected chi connectivity index (χ4v) is 4.02. The summed E-state index contributed by atoms with van der Waals surface area (Å²) in [5, 5.41) is 9.89. The van der Waals surface area contributed by atoms with Gasteiger partial charge in [0.15, 0.2) is 5.96 Å². The number of hydrogen-bond acceptors (Lipinski definition) is 4. The van der Waals surface area contributed by atoms with Crippen molar-refractivity contribution in [1.82, 2.24) is 20.5 Å². The second-order valence-electron chi connectivity index (χ2n) is 7.17. The van der Waals surface area contributed by atoms with E-state index in [2.05, 4.69) is 30.9 Å². The zero-order valence-corrected chi connectivity index (χ0v) is 20.1. The second-order valence-corrected chi connectivity index (χ2v) is 8.23. The lowest BCUT2D eigenvalue weighted by Gasteiger charge is -2.19. The Balaban J connectivity index is 0.00000320. The average molecular weight is 553 g/mol. The van der Waals surface area contributed by atoms with E-state index >= 15 is 0 Å². The molecule has 5 nitrogen and oxygen atoms in total. The number of aromatic nitrogens is 1. The number of halogens is 4. The Morgan fingerprint density at radius 3 is 2.63 bits per heavy atom. The summed E-state index contributed by atoms with van der Waals surface area (Å²) in [6.45, 7) is 5.12. The molecule has 1 unspecified atom stereocenters. The Labute approximate surface area is 196 Å². The molecule has 2 N–H and O–H groups in total. The number of guanidine groups is 1. The Morgan fingerprint density at radius 1 is 1.30 bits per heavy atom. The lowest BCUT2D eigenvalue weighted by Crippen LogP contribution is -2.45. The van der Waals surface area contributed by atoms with Crippen molar-refractivity contribution in [2.24, 2.45) is 4.99 Å². The van der Waals surface area contributed by atoms with Gasteiger partial charge in [-0.1, -0.05) is 12.1 Å². The van der Waals surface area contributed by atoms with Gasteiger partial charge in [-0.2, -0.15) is 13.2 Å². The van der Waals surface area contributed by atoms with E-state index in [0.29, 0.717) is 6.54 Å². The number of aryl methyl sites for hydroxylation is 1. The van der Waals surface area contributed by atoms with Gasteiger partial charge in [0.1, 0.15) is 0 Å². The van der Waals surface area contributed by atoms with Gasteiger partial charge in [-0.3, -0.25) is 9.89 Å². The molecule has 0 radical (unpaired) electrons. The number of nitrogens with one attached hydrogen (secondary N) is 2. The van der Waals surface area contributed by atoms with Crippen LogP contribution < -0.4 is 10.6 Å². The third-order valence-corrected chi connectivity index (χ3v) is 5.69. The van der Waals surface area contributed by atoms with Crippen molar-refractivity contribution < 1.29 is 13.2 Å². The SMILES string of the molecule is CN=C(NCCc1csc(C)n1)NC1CCN(Cc2ccc(C(F)(F)F)cc2)C1.I. The number of aliphatic imine (C=N–C) groups is 1. The summed E-state index contributed by atoms with van der Waals surface area (Å²) in [7, 11) is 1.75. The van der Waals surface area contributed by atoms with Crippen LogP contribution in [-0.2, 0) is 19.1 Å². The van der Waals surface area contributed by atoms with Crippen LogP contribution in [0.2, 0.25) is 0 Å². The maximum absolute atomic E-state index is 12.7. The topological polar surface area (TPSA) is 52.6 Å². The Hall–Kier alpha value is -1.40. The zero-order chi connectivity index (χ0) is 20.9. The number of benzene rings is 1. The van der Waals surface area contributed by atoms with E-state index in [0.717, 1.165) is 66.8 Å². The molecule has 1 atom stereocenters. The van der Waals surface area contributed by atoms with Crippen molar-refractivity contribution in [3.05, 3.63) is 51.5 Å². The minimum atomic E-state index is -4.29. The first-order valence-corrected chi connectivity index (χ1v) is 10.5. The number of nitrogens with zero attached hydrogens (tertiary/aromatic N) is 3. The molecule has 166 valence electrons. The summed E-state index contributed by atoms with van der Waals surface area (Å²) in [4.78, 5) is 11.0. The van der Waals surface area contributed by atoms with Gasteiger partial charge in [0, 0.05) is 51.1 Å². The molecule has 1 aliphatic rings. The molecule has 0 spiro atoms. The quantitative estimate of drug-likeness (QED) is 0.322. The molecular weight excluding hydrogens is 526 g/mol. The van der Waals surface area contributed by atoms with Crippen LogP contribution in [0.1, 0.15) is 28.2 Å². The highest BCUT2D eigenvalue weighted by atomic mass is 127. The largest absolute Gasteiger partial charge is 0.416 e. The van der Waals surface area contributed by atoms with Crippen molar-refractivity contribution in [2.45, 2.75) is 38.5 Å². The predicted molar refractivity (Wildman–Crippen MR) is 126 cm³/mol. The molecule has 1 fully saturated rings. The first kappa shape index (κ1) is 24.9. The smallest absolute Gasteiger partial charge is 0.356 e. The molecule has 1 aliphatic heterocycles. The first-order valence-electron chi connectivity index (χ1n) is 9.60. The van der Waals surface area contributed by atoms with E-state index in [-0.39, 0.29) is 30.0 Å². The fourth-order valence-electron chi connectivity index (χ4n) is 3.37. The lowest BCUT2D eigenvalue weighted by atomic mass is 10.1. The summed E-state index contributed by atoms with van der Waals surface area (Å²) in [6, 6.07) is 5.68. The van der Waals surface area contributed by atoms with Gasteiger partial charge in [-0.05, 0) is 31.0 Å². The summed E-state index contributed by atoms with van der Waals surface area (Å²) in [6.07, 6.45) is -2.48. The Kier molecular flexibility index (Phi) is 9.35. The van der Waals surface area contributed by atoms with E-state index in [1.54, 1.807) is 30.5 Å². The summed E-state index contributed by atoms with van der Waals surface area (Å²) in [5.74, 6) is 0.762. The summed E-state index contributed by atoms with van der Waals surface area (Å²) >= 11 is 1.65. The molecule has 2 aromatic rings. The van der Waals surface area contributed by atoms with E-state index in [1.165, 1.54) is 0 Å². The zero-order valence-electron chi connectivity index (χ0n) is 17.0. The molecule has 1 aromatic carbocycles. The normalized spacial score (nSPS) is 17.6. The molecule has 30 heavy (non-hydrogen) atoms. The molecule has 1 saturated heterocycles. The molecule has 0 aliphatic carbocycles. The van der Waals surface area contributed by atoms with E-state index in [1.807, 2.05) is 6.92 Å². The predicted octanol–water partition coefficient (Wildman–Crippen LogP) is 4.07. The van der Waals surface area contributed by atoms with Crippen molar-refractivity contribution in [2.75, 3.05) is 26.7 Å². The molecule has 3 rings (SSSR count). The molecular formula is C20H27F3IN5S. The maximum atomic E-state index is 12.7. The van der Waals surface area contributed by atoms with Gasteiger partial charge in [0.05, 0.1) is 16.3 Å². The fraction of sp³-hybridized carbons (Fsp3) is 0.500. The van der Waals surface area contributed by atoms with Gasteiger partial charge in [0.25, 0.3) is 0 Å². The van der Waals surface area contributed by atoms with Crippen molar-refractivity contribution >= 4 is 41.3 Å². The average Bonchev–Trinajstić information content (AvgIpc) is 3.29. The number of likely N-dealkylation sites (tertiary alicyclic amines) is 1. The van der Waals surface area contributed by atoms with Crippen LogP contribution in [0, 0.1) is 6.92 Å². The van der Waals surface area contributed by atoms with Crippen LogP contribution in [0.4, 0.5) is 13.2 Å². The standard InChI is InChI=1S/C20H26F3N5S.HI/c1-14-26-18(13-29-14)7-9-25-19(24-2)27-17-8-10-28(12-17)11-15-3-5-16(6-4-15)20(21,22)23;/h3-6,13,17H,7-12H2,1-2H3,(H2,24,25,27);1H. The number of hydrogen-bond donors (Lipinski definition) is 2. The van der Waals surface area contributed by atoms with Crippen LogP contribution in [0.15, 0.2) is 34.6 Å². The van der Waals surface area contributed by atoms with Crippen LogP contribution in [0.25, 0.3) is 0 Å². The van der Waals surface area contributed by atoms with E-state index < -0.39 is 11.7 Å². The Morgan fingerprint density at radius 2 is 2.03 bits per heavy atom. The molecule has 2 heterocycles. The van der Waals surface area contributed by atoms with E-state index in [9.17, 15) is 13.2 Å². The summed E-state index contributed by atoms with van der Waals surface area (Å²) < 4.78 is 38.0. The molecule has 0 amide bonds. The second kappa shape index (κ2) is 11.3. The number of alkyl halides is 3. The lowest BCUT2D eigenvalue weighted by molar-refractivity contribution is -0.137. The maximum Gasteiger partial charge on any atom is 0.416 e. The van der Waals surface area contributed by atoms with Crippen LogP contribution in [-0.4, -0.2) is 48.6 Å². The highest BCUT2D eigenvalue weighted by Crippen LogP contribution is 2.29. The van der Waals surface area contributed by atoms with Crippen LogP contribution in [0.5, 0.6) is 0 Å². The van der Waals surface area contributed by atoms with Gasteiger partial charge >= 0.3 is 6.18 Å². The molecule has 0 bridgehead atoms. The number of thiazole rings is 1. The van der Waals surface area contributed by atoms with Crippen molar-refractivity contribution in [1.29, 1.82) is 0 Å². The van der Waals surface area contributed by atoms with Gasteiger partial charge < -0.3 is 10.6 Å². The molecule has 10 heteroatoms. The van der Waals surface area contributed by atoms with Crippen LogP contribution >= 0.6 is 35.3 Å². The minimum absolute atomic E-state index is 0.